The molecule has 0 spiro atoms. The summed E-state index contributed by atoms with van der Waals surface area (Å²) in [5.41, 5.74) is 8.48. The van der Waals surface area contributed by atoms with Gasteiger partial charge in [0.15, 0.2) is 0 Å². The van der Waals surface area contributed by atoms with Crippen molar-refractivity contribution in [2.24, 2.45) is 0 Å². The second-order valence-corrected chi connectivity index (χ2v) is 6.47. The van der Waals surface area contributed by atoms with Gasteiger partial charge in [-0.25, -0.2) is 0 Å². The standard InChI is InChI=1S/C20H22N2O2/c1-12-18(13(2)24-22-12)20-19(14-8-10-15(23-3)11-9-14)16-6-4-5-7-17(16)21-20/h8-11,21H,4-7H2,1-3H3. The van der Waals surface area contributed by atoms with E-state index < -0.39 is 0 Å². The molecule has 2 aromatic heterocycles. The van der Waals surface area contributed by atoms with Crippen LogP contribution < -0.4 is 4.74 Å². The highest BCUT2D eigenvalue weighted by Gasteiger charge is 2.25. The number of fused-ring (bicyclic) bond motifs is 1. The quantitative estimate of drug-likeness (QED) is 0.750. The van der Waals surface area contributed by atoms with Gasteiger partial charge in [-0.3, -0.25) is 0 Å². The average molecular weight is 322 g/mol. The molecule has 4 rings (SSSR count). The number of nitrogens with zero attached hydrogens (tertiary/aromatic N) is 1. The number of aromatic amines is 1. The fraction of sp³-hybridized carbons (Fsp3) is 0.350. The number of ether oxygens (including phenoxy) is 1. The molecule has 1 aromatic carbocycles. The molecule has 0 saturated heterocycles. The summed E-state index contributed by atoms with van der Waals surface area (Å²) in [6.07, 6.45) is 4.73. The summed E-state index contributed by atoms with van der Waals surface area (Å²) in [4.78, 5) is 3.68. The lowest BCUT2D eigenvalue weighted by atomic mass is 9.90. The summed E-state index contributed by atoms with van der Waals surface area (Å²) in [7, 11) is 1.70. The predicted molar refractivity (Wildman–Crippen MR) is 94.4 cm³/mol. The average Bonchev–Trinajstić information content (AvgIpc) is 3.14. The monoisotopic (exact) mass is 322 g/mol. The van der Waals surface area contributed by atoms with E-state index >= 15 is 0 Å². The molecule has 0 fully saturated rings. The molecule has 1 N–H and O–H groups in total. The number of hydrogen-bond acceptors (Lipinski definition) is 3. The molecule has 3 aromatic rings. The number of benzene rings is 1. The number of rotatable bonds is 3. The van der Waals surface area contributed by atoms with Crippen molar-refractivity contribution in [2.75, 3.05) is 7.11 Å². The summed E-state index contributed by atoms with van der Waals surface area (Å²) >= 11 is 0. The maximum absolute atomic E-state index is 5.42. The predicted octanol–water partition coefficient (Wildman–Crippen LogP) is 4.84. The van der Waals surface area contributed by atoms with E-state index in [0.29, 0.717) is 0 Å². The molecule has 0 bridgehead atoms. The van der Waals surface area contributed by atoms with Crippen LogP contribution in [-0.2, 0) is 12.8 Å². The third-order valence-electron chi connectivity index (χ3n) is 4.96. The van der Waals surface area contributed by atoms with E-state index in [1.165, 1.54) is 35.2 Å². The normalized spacial score (nSPS) is 13.8. The number of methoxy groups -OCH3 is 1. The second-order valence-electron chi connectivity index (χ2n) is 6.47. The van der Waals surface area contributed by atoms with Gasteiger partial charge in [0.2, 0.25) is 0 Å². The molecule has 0 radical (unpaired) electrons. The van der Waals surface area contributed by atoms with Gasteiger partial charge in [-0.1, -0.05) is 17.3 Å². The van der Waals surface area contributed by atoms with Crippen molar-refractivity contribution in [1.29, 1.82) is 0 Å². The summed E-state index contributed by atoms with van der Waals surface area (Å²) in [5.74, 6) is 1.74. The molecule has 0 unspecified atom stereocenters. The second kappa shape index (κ2) is 5.86. The van der Waals surface area contributed by atoms with Gasteiger partial charge in [-0.05, 0) is 62.8 Å². The number of aromatic nitrogens is 2. The highest BCUT2D eigenvalue weighted by molar-refractivity contribution is 5.86. The Hall–Kier alpha value is -2.49. The van der Waals surface area contributed by atoms with Gasteiger partial charge in [-0.15, -0.1) is 0 Å². The molecule has 1 aliphatic carbocycles. The van der Waals surface area contributed by atoms with Crippen LogP contribution >= 0.6 is 0 Å². The Labute approximate surface area is 141 Å². The summed E-state index contributed by atoms with van der Waals surface area (Å²) < 4.78 is 10.7. The van der Waals surface area contributed by atoms with E-state index in [2.05, 4.69) is 22.3 Å². The van der Waals surface area contributed by atoms with Gasteiger partial charge in [0.05, 0.1) is 24.1 Å². The zero-order valence-corrected chi connectivity index (χ0v) is 14.4. The van der Waals surface area contributed by atoms with Crippen LogP contribution in [0, 0.1) is 13.8 Å². The van der Waals surface area contributed by atoms with Crippen LogP contribution in [0.2, 0.25) is 0 Å². The molecule has 0 atom stereocenters. The lowest BCUT2D eigenvalue weighted by Crippen LogP contribution is -2.01. The summed E-state index contributed by atoms with van der Waals surface area (Å²) in [6, 6.07) is 8.32. The minimum atomic E-state index is 0.862. The Morgan fingerprint density at radius 1 is 1.04 bits per heavy atom. The molecule has 4 heteroatoms. The largest absolute Gasteiger partial charge is 0.497 e. The maximum atomic E-state index is 5.42. The van der Waals surface area contributed by atoms with Crippen LogP contribution in [0.5, 0.6) is 5.75 Å². The topological polar surface area (TPSA) is 51.1 Å². The molecule has 0 saturated carbocycles. The third-order valence-corrected chi connectivity index (χ3v) is 4.96. The molecule has 2 heterocycles. The lowest BCUT2D eigenvalue weighted by Gasteiger charge is -2.13. The van der Waals surface area contributed by atoms with Crippen molar-refractivity contribution in [2.45, 2.75) is 39.5 Å². The number of aryl methyl sites for hydroxylation is 3. The fourth-order valence-electron chi connectivity index (χ4n) is 3.79. The van der Waals surface area contributed by atoms with E-state index in [9.17, 15) is 0 Å². The van der Waals surface area contributed by atoms with E-state index in [1.807, 2.05) is 26.0 Å². The van der Waals surface area contributed by atoms with Crippen LogP contribution in [0.3, 0.4) is 0 Å². The Balaban J connectivity index is 1.95. The highest BCUT2D eigenvalue weighted by Crippen LogP contribution is 2.42. The number of nitrogens with one attached hydrogen (secondary N) is 1. The Morgan fingerprint density at radius 2 is 1.79 bits per heavy atom. The zero-order valence-electron chi connectivity index (χ0n) is 14.4. The van der Waals surface area contributed by atoms with Gasteiger partial charge in [0.1, 0.15) is 11.5 Å². The van der Waals surface area contributed by atoms with E-state index in [-0.39, 0.29) is 0 Å². The van der Waals surface area contributed by atoms with Gasteiger partial charge in [0.25, 0.3) is 0 Å². The van der Waals surface area contributed by atoms with E-state index in [0.717, 1.165) is 41.3 Å². The third kappa shape index (κ3) is 2.33. The van der Waals surface area contributed by atoms with Crippen LogP contribution in [-0.4, -0.2) is 17.3 Å². The van der Waals surface area contributed by atoms with Gasteiger partial charge < -0.3 is 14.2 Å². The van der Waals surface area contributed by atoms with Crippen molar-refractivity contribution in [3.05, 3.63) is 47.0 Å². The van der Waals surface area contributed by atoms with Crippen LogP contribution in [0.1, 0.15) is 35.6 Å². The Kier molecular flexibility index (Phi) is 3.68. The van der Waals surface area contributed by atoms with Crippen molar-refractivity contribution in [3.8, 4) is 28.1 Å². The molecule has 24 heavy (non-hydrogen) atoms. The smallest absolute Gasteiger partial charge is 0.143 e. The SMILES string of the molecule is COc1ccc(-c2c(-c3c(C)noc3C)[nH]c3c2CCCC3)cc1. The van der Waals surface area contributed by atoms with Crippen molar-refractivity contribution in [1.82, 2.24) is 10.1 Å². The van der Waals surface area contributed by atoms with E-state index in [1.54, 1.807) is 7.11 Å². The van der Waals surface area contributed by atoms with Crippen molar-refractivity contribution < 1.29 is 9.26 Å². The molecule has 124 valence electrons. The minimum Gasteiger partial charge on any atom is -0.497 e. The summed E-state index contributed by atoms with van der Waals surface area (Å²) in [6.45, 7) is 3.98. The first-order chi connectivity index (χ1) is 11.7. The van der Waals surface area contributed by atoms with Crippen molar-refractivity contribution in [3.63, 3.8) is 0 Å². The van der Waals surface area contributed by atoms with Gasteiger partial charge >= 0.3 is 0 Å². The van der Waals surface area contributed by atoms with Gasteiger partial charge in [-0.2, -0.15) is 0 Å². The van der Waals surface area contributed by atoms with E-state index in [4.69, 9.17) is 9.26 Å². The van der Waals surface area contributed by atoms with Crippen LogP contribution in [0.4, 0.5) is 0 Å². The molecular weight excluding hydrogens is 300 g/mol. The number of H-pyrrole nitrogens is 1. The van der Waals surface area contributed by atoms with Crippen LogP contribution in [0.15, 0.2) is 28.8 Å². The zero-order chi connectivity index (χ0) is 16.7. The molecule has 4 nitrogen and oxygen atoms in total. The summed E-state index contributed by atoms with van der Waals surface area (Å²) in [5, 5.41) is 4.15. The van der Waals surface area contributed by atoms with Crippen LogP contribution in [0.25, 0.3) is 22.4 Å². The van der Waals surface area contributed by atoms with Gasteiger partial charge in [0, 0.05) is 11.3 Å². The number of hydrogen-bond donors (Lipinski definition) is 1. The fourth-order valence-corrected chi connectivity index (χ4v) is 3.79. The first-order valence-corrected chi connectivity index (χ1v) is 8.50. The molecule has 0 aliphatic heterocycles. The highest BCUT2D eigenvalue weighted by atomic mass is 16.5. The molecule has 1 aliphatic rings. The maximum Gasteiger partial charge on any atom is 0.143 e. The Bertz CT molecular complexity index is 852. The molecular formula is C20H22N2O2. The first-order valence-electron chi connectivity index (χ1n) is 8.50. The molecule has 0 amide bonds. The van der Waals surface area contributed by atoms with Crippen molar-refractivity contribution >= 4 is 0 Å². The minimum absolute atomic E-state index is 0.862. The lowest BCUT2D eigenvalue weighted by molar-refractivity contribution is 0.393. The Morgan fingerprint density at radius 3 is 2.46 bits per heavy atom. The first kappa shape index (κ1) is 15.1.